The summed E-state index contributed by atoms with van der Waals surface area (Å²) >= 11 is 0. The zero-order valence-corrected chi connectivity index (χ0v) is 27.5. The summed E-state index contributed by atoms with van der Waals surface area (Å²) in [5, 5.41) is 9.42. The molecular formula is C45H31N3O. The van der Waals surface area contributed by atoms with Gasteiger partial charge >= 0.3 is 0 Å². The van der Waals surface area contributed by atoms with Gasteiger partial charge in [-0.3, -0.25) is 0 Å². The number of rotatable bonds is 3. The zero-order valence-electron chi connectivity index (χ0n) is 27.5. The second-order valence-corrected chi connectivity index (χ2v) is 13.0. The molecule has 0 unspecified atom stereocenters. The fourth-order valence-electron chi connectivity index (χ4n) is 7.89. The first kappa shape index (κ1) is 28.9. The number of ether oxygens (including phenoxy) is 1. The molecule has 0 amide bonds. The predicted octanol–water partition coefficient (Wildman–Crippen LogP) is 10.7. The van der Waals surface area contributed by atoms with E-state index in [0.717, 1.165) is 73.2 Å². The van der Waals surface area contributed by atoms with Crippen molar-refractivity contribution in [2.24, 2.45) is 0 Å². The van der Waals surface area contributed by atoms with Gasteiger partial charge in [0.15, 0.2) is 0 Å². The van der Waals surface area contributed by atoms with Gasteiger partial charge in [-0.2, -0.15) is 5.26 Å². The number of hydrogen-bond donors (Lipinski definition) is 0. The van der Waals surface area contributed by atoms with Crippen molar-refractivity contribution in [1.82, 2.24) is 9.97 Å². The minimum atomic E-state index is -0.607. The van der Waals surface area contributed by atoms with Crippen LogP contribution in [0.4, 0.5) is 0 Å². The Labute approximate surface area is 286 Å². The molecule has 7 aromatic rings. The van der Waals surface area contributed by atoms with Crippen molar-refractivity contribution in [1.29, 1.82) is 5.26 Å². The second-order valence-electron chi connectivity index (χ2n) is 13.0. The molecule has 0 saturated heterocycles. The molecular weight excluding hydrogens is 599 g/mol. The van der Waals surface area contributed by atoms with Crippen LogP contribution in [0.2, 0.25) is 0 Å². The first-order chi connectivity index (χ1) is 23.9. The number of aryl methyl sites for hydroxylation is 2. The van der Waals surface area contributed by atoms with E-state index in [0.29, 0.717) is 5.56 Å². The summed E-state index contributed by atoms with van der Waals surface area (Å²) in [6.45, 7) is 6.10. The molecule has 0 radical (unpaired) electrons. The Morgan fingerprint density at radius 2 is 1.08 bits per heavy atom. The van der Waals surface area contributed by atoms with E-state index in [4.69, 9.17) is 9.72 Å². The number of benzene rings is 6. The van der Waals surface area contributed by atoms with Crippen LogP contribution >= 0.6 is 0 Å². The Morgan fingerprint density at radius 3 is 1.71 bits per heavy atom. The van der Waals surface area contributed by atoms with Crippen molar-refractivity contribution < 1.29 is 4.74 Å². The molecule has 9 rings (SSSR count). The molecule has 0 fully saturated rings. The summed E-state index contributed by atoms with van der Waals surface area (Å²) in [5.41, 5.74) is 15.8. The van der Waals surface area contributed by atoms with Crippen LogP contribution in [0.5, 0.6) is 11.5 Å². The largest absolute Gasteiger partial charge is 0.457 e. The molecule has 6 aromatic carbocycles. The van der Waals surface area contributed by atoms with Gasteiger partial charge in [0.2, 0.25) is 0 Å². The Balaban J connectivity index is 1.30. The molecule has 1 aromatic heterocycles. The van der Waals surface area contributed by atoms with E-state index in [1.165, 1.54) is 22.3 Å². The molecule has 2 aliphatic rings. The zero-order chi connectivity index (χ0) is 33.3. The average Bonchev–Trinajstić information content (AvgIpc) is 3.42. The minimum Gasteiger partial charge on any atom is -0.457 e. The van der Waals surface area contributed by atoms with Gasteiger partial charge in [0, 0.05) is 22.4 Å². The van der Waals surface area contributed by atoms with E-state index in [1.54, 1.807) is 0 Å². The lowest BCUT2D eigenvalue weighted by atomic mass is 9.65. The smallest absolute Gasteiger partial charge is 0.132 e. The van der Waals surface area contributed by atoms with Gasteiger partial charge in [0.25, 0.3) is 0 Å². The third kappa shape index (κ3) is 4.29. The molecule has 4 heteroatoms. The fraction of sp³-hybridized carbons (Fsp3) is 0.0889. The highest BCUT2D eigenvalue weighted by Gasteiger charge is 2.51. The molecule has 0 N–H and O–H groups in total. The normalized spacial score (nSPS) is 13.1. The van der Waals surface area contributed by atoms with E-state index >= 15 is 0 Å². The van der Waals surface area contributed by atoms with Crippen molar-refractivity contribution in [2.75, 3.05) is 0 Å². The van der Waals surface area contributed by atoms with E-state index in [9.17, 15) is 5.26 Å². The number of nitriles is 1. The van der Waals surface area contributed by atoms with E-state index in [2.05, 4.69) is 115 Å². The minimum absolute atomic E-state index is 0.607. The molecule has 0 saturated carbocycles. The number of hydrogen-bond acceptors (Lipinski definition) is 4. The quantitative estimate of drug-likeness (QED) is 0.195. The van der Waals surface area contributed by atoms with Crippen molar-refractivity contribution in [3.8, 4) is 62.2 Å². The van der Waals surface area contributed by atoms with Gasteiger partial charge < -0.3 is 4.74 Å². The topological polar surface area (TPSA) is 58.8 Å². The highest BCUT2D eigenvalue weighted by atomic mass is 16.5. The van der Waals surface area contributed by atoms with Crippen molar-refractivity contribution in [3.05, 3.63) is 178 Å². The van der Waals surface area contributed by atoms with Crippen LogP contribution in [0, 0.1) is 32.1 Å². The molecule has 1 aliphatic carbocycles. The first-order valence-electron chi connectivity index (χ1n) is 16.5. The summed E-state index contributed by atoms with van der Waals surface area (Å²) in [7, 11) is 0. The standard InChI is InChI=1S/C45H31N3O/c1-27-28(2)47-29(3)48-44(27)35-10-8-9-32(23-35)34-20-22-37-36-21-19-33(31-17-15-30(26-46)16-18-31)24-40(36)45(41(37)25-34)38-11-4-6-13-42(38)49-43-14-7-5-12-39(43)45/h4-25H,1-3H3. The molecule has 1 aliphatic heterocycles. The number of aromatic nitrogens is 2. The van der Waals surface area contributed by atoms with Crippen LogP contribution in [0.15, 0.2) is 133 Å². The van der Waals surface area contributed by atoms with E-state index < -0.39 is 5.41 Å². The van der Waals surface area contributed by atoms with Crippen LogP contribution in [0.1, 0.15) is 44.9 Å². The maximum atomic E-state index is 9.42. The third-order valence-corrected chi connectivity index (χ3v) is 10.3. The molecule has 0 bridgehead atoms. The SMILES string of the molecule is Cc1nc(C)c(C)c(-c2cccc(-c3ccc4c(c3)C3(c5ccccc5Oc5ccccc53)c3cc(-c5ccc(C#N)cc5)ccc3-4)c2)n1. The lowest BCUT2D eigenvalue weighted by Crippen LogP contribution is -2.32. The lowest BCUT2D eigenvalue weighted by molar-refractivity contribution is 0.436. The summed E-state index contributed by atoms with van der Waals surface area (Å²) in [6, 6.07) is 49.4. The monoisotopic (exact) mass is 629 g/mol. The van der Waals surface area contributed by atoms with Crippen molar-refractivity contribution in [2.45, 2.75) is 26.2 Å². The highest BCUT2D eigenvalue weighted by Crippen LogP contribution is 2.62. The molecule has 1 spiro atoms. The summed E-state index contributed by atoms with van der Waals surface area (Å²) in [5.74, 6) is 2.50. The molecule has 49 heavy (non-hydrogen) atoms. The maximum Gasteiger partial charge on any atom is 0.132 e. The Bertz CT molecular complexity index is 2480. The van der Waals surface area contributed by atoms with E-state index in [-0.39, 0.29) is 0 Å². The van der Waals surface area contributed by atoms with Gasteiger partial charge in [-0.1, -0.05) is 91.0 Å². The van der Waals surface area contributed by atoms with E-state index in [1.807, 2.05) is 50.2 Å². The Hall–Kier alpha value is -6.31. The number of para-hydroxylation sites is 2. The van der Waals surface area contributed by atoms with Gasteiger partial charge in [0.1, 0.15) is 17.3 Å². The lowest BCUT2D eigenvalue weighted by Gasteiger charge is -2.39. The van der Waals surface area contributed by atoms with Gasteiger partial charge in [-0.05, 0) is 113 Å². The molecule has 2 heterocycles. The first-order valence-corrected chi connectivity index (χ1v) is 16.5. The number of fused-ring (bicyclic) bond motifs is 9. The van der Waals surface area contributed by atoms with Crippen molar-refractivity contribution in [3.63, 3.8) is 0 Å². The summed E-state index contributed by atoms with van der Waals surface area (Å²) < 4.78 is 6.60. The Kier molecular flexibility index (Phi) is 6.41. The van der Waals surface area contributed by atoms with Crippen molar-refractivity contribution >= 4 is 0 Å². The fourth-order valence-corrected chi connectivity index (χ4v) is 7.89. The second kappa shape index (κ2) is 10.9. The summed E-state index contributed by atoms with van der Waals surface area (Å²) in [6.07, 6.45) is 0. The maximum absolute atomic E-state index is 9.42. The predicted molar refractivity (Wildman–Crippen MR) is 195 cm³/mol. The molecule has 232 valence electrons. The van der Waals surface area contributed by atoms with Crippen LogP contribution in [0.25, 0.3) is 44.6 Å². The number of nitrogens with zero attached hydrogens (tertiary/aromatic N) is 3. The van der Waals surface area contributed by atoms with Crippen LogP contribution in [-0.4, -0.2) is 9.97 Å². The molecule has 0 atom stereocenters. The Morgan fingerprint density at radius 1 is 0.531 bits per heavy atom. The van der Waals surface area contributed by atoms with Crippen LogP contribution in [-0.2, 0) is 5.41 Å². The highest BCUT2D eigenvalue weighted by molar-refractivity contribution is 5.92. The molecule has 4 nitrogen and oxygen atoms in total. The third-order valence-electron chi connectivity index (χ3n) is 10.3. The average molecular weight is 630 g/mol. The summed E-state index contributed by atoms with van der Waals surface area (Å²) in [4.78, 5) is 9.43. The van der Waals surface area contributed by atoms with Gasteiger partial charge in [0.05, 0.1) is 22.7 Å². The van der Waals surface area contributed by atoms with Gasteiger partial charge in [-0.25, -0.2) is 9.97 Å². The van der Waals surface area contributed by atoms with Gasteiger partial charge in [-0.15, -0.1) is 0 Å². The van der Waals surface area contributed by atoms with Crippen LogP contribution in [0.3, 0.4) is 0 Å². The van der Waals surface area contributed by atoms with Crippen LogP contribution < -0.4 is 4.74 Å².